The van der Waals surface area contributed by atoms with Crippen LogP contribution in [0.4, 0.5) is 26.3 Å². The maximum atomic E-state index is 12.7. The molecule has 0 aliphatic carbocycles. The van der Waals surface area contributed by atoms with Crippen LogP contribution in [0.2, 0.25) is 0 Å². The summed E-state index contributed by atoms with van der Waals surface area (Å²) in [7, 11) is -0.801. The molecular formula is C28H24F6IrNOP. The molecule has 38 heavy (non-hydrogen) atoms. The van der Waals surface area contributed by atoms with E-state index < -0.39 is 31.4 Å². The zero-order valence-electron chi connectivity index (χ0n) is 20.1. The van der Waals surface area contributed by atoms with Crippen molar-refractivity contribution in [2.45, 2.75) is 19.3 Å². The minimum absolute atomic E-state index is 0. The fraction of sp³-hybridized carbons (Fsp3) is 0.179. The molecule has 0 saturated heterocycles. The van der Waals surface area contributed by atoms with Gasteiger partial charge in [-0.25, -0.2) is 0 Å². The van der Waals surface area contributed by atoms with Crippen LogP contribution in [0, 0.1) is 13.0 Å². The van der Waals surface area contributed by atoms with E-state index in [1.807, 2.05) is 18.2 Å². The zero-order chi connectivity index (χ0) is 27.1. The van der Waals surface area contributed by atoms with Gasteiger partial charge in [0.25, 0.3) is 0 Å². The monoisotopic (exact) mass is 728 g/mol. The normalized spacial score (nSPS) is 11.4. The summed E-state index contributed by atoms with van der Waals surface area (Å²) in [4.78, 5) is 3.79. The molecule has 4 aromatic rings. The summed E-state index contributed by atoms with van der Waals surface area (Å²) in [6.07, 6.45) is -7.61. The summed E-state index contributed by atoms with van der Waals surface area (Å²) in [5.74, 6) is 0. The van der Waals surface area contributed by atoms with Crippen LogP contribution in [0.1, 0.15) is 16.7 Å². The van der Waals surface area contributed by atoms with Crippen LogP contribution < -0.4 is 10.6 Å². The summed E-state index contributed by atoms with van der Waals surface area (Å²) in [5, 5.41) is 11.9. The molecule has 4 rings (SSSR count). The van der Waals surface area contributed by atoms with Crippen molar-refractivity contribution >= 4 is 18.5 Å². The van der Waals surface area contributed by atoms with Crippen molar-refractivity contribution in [3.63, 3.8) is 0 Å². The van der Waals surface area contributed by atoms with Crippen LogP contribution in [0.3, 0.4) is 0 Å². The number of aliphatic hydroxyl groups excluding tert-OH is 1. The molecule has 0 atom stereocenters. The number of rotatable bonds is 5. The van der Waals surface area contributed by atoms with Gasteiger partial charge in [-0.3, -0.25) is 0 Å². The van der Waals surface area contributed by atoms with Gasteiger partial charge in [-0.05, 0) is 54.1 Å². The van der Waals surface area contributed by atoms with Gasteiger partial charge in [-0.1, -0.05) is 48.0 Å². The molecule has 0 aliphatic heterocycles. The van der Waals surface area contributed by atoms with Gasteiger partial charge >= 0.3 is 12.4 Å². The Balaban J connectivity index is 0.000000269. The molecule has 0 bridgehead atoms. The Morgan fingerprint density at radius 3 is 1.79 bits per heavy atom. The maximum absolute atomic E-state index is 12.7. The number of hydrogen-bond acceptors (Lipinski definition) is 2. The van der Waals surface area contributed by atoms with Crippen LogP contribution in [0.5, 0.6) is 0 Å². The van der Waals surface area contributed by atoms with Gasteiger partial charge in [0.1, 0.15) is 0 Å². The van der Waals surface area contributed by atoms with E-state index in [0.29, 0.717) is 11.6 Å². The number of pyridine rings is 1. The predicted octanol–water partition coefficient (Wildman–Crippen LogP) is 6.74. The number of nitrogens with zero attached hydrogens (tertiary/aromatic N) is 1. The standard InChI is InChI=1S/C14H8F6N.C14H15OP.Ir/c1-8-2-3-21-12(4-8)9-5-10(13(15,16)17)7-11(6-9)14(18,19)20;15-11-12-16(13-7-3-1-4-8-13)14-9-5-2-6-10-14;/h2-5,7H,1H3;1-10,15H,11-12H2;/q-1;;/p+1. The minimum atomic E-state index is -4.92. The first-order chi connectivity index (χ1) is 17.5. The Morgan fingerprint density at radius 1 is 0.789 bits per heavy atom. The average molecular weight is 728 g/mol. The zero-order valence-corrected chi connectivity index (χ0v) is 23.5. The molecule has 0 spiro atoms. The first kappa shape index (κ1) is 31.6. The van der Waals surface area contributed by atoms with Crippen molar-refractivity contribution < 1.29 is 51.6 Å². The largest absolute Gasteiger partial charge is 0.399 e. The van der Waals surface area contributed by atoms with Crippen LogP contribution in [0.15, 0.2) is 91.1 Å². The van der Waals surface area contributed by atoms with Crippen LogP contribution in [-0.2, 0) is 32.5 Å². The molecule has 0 aliphatic rings. The molecular weight excluding hydrogens is 703 g/mol. The molecule has 1 N–H and O–H groups in total. The van der Waals surface area contributed by atoms with E-state index in [4.69, 9.17) is 0 Å². The third-order valence-corrected chi connectivity index (χ3v) is 8.08. The third kappa shape index (κ3) is 9.02. The molecule has 10 heteroatoms. The van der Waals surface area contributed by atoms with Crippen molar-refractivity contribution in [2.24, 2.45) is 0 Å². The fourth-order valence-corrected chi connectivity index (χ4v) is 5.88. The van der Waals surface area contributed by atoms with Crippen LogP contribution >= 0.6 is 7.92 Å². The minimum Gasteiger partial charge on any atom is -0.393 e. The third-order valence-electron chi connectivity index (χ3n) is 5.30. The first-order valence-electron chi connectivity index (χ1n) is 11.2. The van der Waals surface area contributed by atoms with Crippen molar-refractivity contribution in [1.82, 2.24) is 4.98 Å². The van der Waals surface area contributed by atoms with Crippen molar-refractivity contribution in [1.29, 1.82) is 0 Å². The van der Waals surface area contributed by atoms with E-state index in [-0.39, 0.29) is 44.0 Å². The van der Waals surface area contributed by atoms with Gasteiger partial charge in [0, 0.05) is 26.3 Å². The van der Waals surface area contributed by atoms with Crippen LogP contribution in [0.25, 0.3) is 11.3 Å². The van der Waals surface area contributed by atoms with E-state index in [9.17, 15) is 31.4 Å². The van der Waals surface area contributed by atoms with Crippen molar-refractivity contribution in [3.8, 4) is 11.3 Å². The van der Waals surface area contributed by atoms with E-state index in [0.717, 1.165) is 6.16 Å². The molecule has 2 nitrogen and oxygen atoms in total. The number of alkyl halides is 6. The predicted molar refractivity (Wildman–Crippen MR) is 136 cm³/mol. The summed E-state index contributed by atoms with van der Waals surface area (Å²) in [5.41, 5.74) is -2.53. The van der Waals surface area contributed by atoms with E-state index in [1.54, 1.807) is 13.0 Å². The number of aromatic nitrogens is 1. The molecule has 1 heterocycles. The van der Waals surface area contributed by atoms with Gasteiger partial charge < -0.3 is 10.1 Å². The quantitative estimate of drug-likeness (QED) is 0.141. The Hall–Kier alpha value is -2.57. The van der Waals surface area contributed by atoms with Gasteiger partial charge in [0.15, 0.2) is 0 Å². The first-order valence-corrected chi connectivity index (χ1v) is 12.9. The van der Waals surface area contributed by atoms with Crippen LogP contribution in [-0.4, -0.2) is 22.9 Å². The molecule has 0 unspecified atom stereocenters. The number of hydrogen-bond donors (Lipinski definition) is 1. The average Bonchev–Trinajstić information content (AvgIpc) is 2.87. The smallest absolute Gasteiger partial charge is 0.393 e. The number of aliphatic hydroxyl groups is 1. The Bertz CT molecular complexity index is 1210. The fourth-order valence-electron chi connectivity index (χ4n) is 3.55. The summed E-state index contributed by atoms with van der Waals surface area (Å²) < 4.78 is 76.3. The van der Waals surface area contributed by atoms with E-state index in [2.05, 4.69) is 53.5 Å². The molecule has 203 valence electrons. The second-order valence-electron chi connectivity index (χ2n) is 8.09. The van der Waals surface area contributed by atoms with Gasteiger partial charge in [0.2, 0.25) is 0 Å². The van der Waals surface area contributed by atoms with Gasteiger partial charge in [-0.2, -0.15) is 26.3 Å². The summed E-state index contributed by atoms with van der Waals surface area (Å²) in [6, 6.07) is 26.6. The van der Waals surface area contributed by atoms with Gasteiger partial charge in [0.05, 0.1) is 31.3 Å². The van der Waals surface area contributed by atoms with Gasteiger partial charge in [-0.15, -0.1) is 23.8 Å². The second kappa shape index (κ2) is 14.0. The molecule has 0 fully saturated rings. The Morgan fingerprint density at radius 2 is 1.34 bits per heavy atom. The molecule has 3 aromatic carbocycles. The van der Waals surface area contributed by atoms with E-state index >= 15 is 0 Å². The Labute approximate surface area is 231 Å². The SMILES string of the molecule is Cc1ccnc(-c2[c-]c(C(F)(F)F)cc(C(F)(F)F)c2)c1.OCC[PH+](c1ccccc1)c1ccccc1.[Ir]. The molecule has 1 aromatic heterocycles. The second-order valence-corrected chi connectivity index (χ2v) is 10.7. The Kier molecular flexibility index (Phi) is 11.7. The number of benzene rings is 3. The molecule has 0 saturated carbocycles. The number of aryl methyl sites for hydroxylation is 1. The van der Waals surface area contributed by atoms with E-state index in [1.165, 1.54) is 22.9 Å². The molecule has 1 radical (unpaired) electrons. The number of halogens is 6. The molecule has 0 amide bonds. The van der Waals surface area contributed by atoms with Crippen molar-refractivity contribution in [2.75, 3.05) is 12.8 Å². The van der Waals surface area contributed by atoms with Crippen molar-refractivity contribution in [3.05, 3.63) is 114 Å². The maximum Gasteiger partial charge on any atom is 0.399 e. The summed E-state index contributed by atoms with van der Waals surface area (Å²) in [6.45, 7) is 1.92. The topological polar surface area (TPSA) is 33.1 Å². The summed E-state index contributed by atoms with van der Waals surface area (Å²) >= 11 is 0.